The molecule has 0 radical (unpaired) electrons. The molecule has 0 aliphatic carbocycles. The van der Waals surface area contributed by atoms with Crippen molar-refractivity contribution in [3.63, 3.8) is 0 Å². The largest absolute Gasteiger partial charge is 0.380 e. The number of methoxy groups -OCH3 is 1. The molecular formula is C15H21BrN2O2. The first-order chi connectivity index (χ1) is 9.63. The van der Waals surface area contributed by atoms with E-state index in [9.17, 15) is 4.79 Å². The van der Waals surface area contributed by atoms with Gasteiger partial charge < -0.3 is 15.4 Å². The van der Waals surface area contributed by atoms with Crippen molar-refractivity contribution in [2.75, 3.05) is 19.0 Å². The third-order valence-corrected chi connectivity index (χ3v) is 4.68. The van der Waals surface area contributed by atoms with Crippen LogP contribution in [-0.4, -0.2) is 25.1 Å². The summed E-state index contributed by atoms with van der Waals surface area (Å²) >= 11 is 3.51. The molecule has 4 nitrogen and oxygen atoms in total. The normalized spacial score (nSPS) is 21.9. The summed E-state index contributed by atoms with van der Waals surface area (Å²) in [5.41, 5.74) is 1.35. The Hall–Kier alpha value is -0.910. The number of benzene rings is 1. The van der Waals surface area contributed by atoms with E-state index in [0.29, 0.717) is 6.61 Å². The standard InChI is InChI=1S/C15H21BrN2O2/c1-3-15(8-5-9-17-15)14(19)18-13-7-4-6-12(16)11(13)10-20-2/h4,6-7,17H,3,5,8-10H2,1-2H3,(H,18,19). The number of hydrogen-bond acceptors (Lipinski definition) is 3. The molecule has 1 heterocycles. The zero-order valence-electron chi connectivity index (χ0n) is 12.0. The second kappa shape index (κ2) is 6.70. The first-order valence-corrected chi connectivity index (χ1v) is 7.75. The van der Waals surface area contributed by atoms with Gasteiger partial charge in [0.05, 0.1) is 12.1 Å². The summed E-state index contributed by atoms with van der Waals surface area (Å²) in [6, 6.07) is 5.78. The molecule has 20 heavy (non-hydrogen) atoms. The van der Waals surface area contributed by atoms with Gasteiger partial charge in [0.2, 0.25) is 5.91 Å². The van der Waals surface area contributed by atoms with Crippen LogP contribution in [0.3, 0.4) is 0 Å². The summed E-state index contributed by atoms with van der Waals surface area (Å²) < 4.78 is 6.16. The van der Waals surface area contributed by atoms with Crippen molar-refractivity contribution in [3.8, 4) is 0 Å². The predicted octanol–water partition coefficient (Wildman–Crippen LogP) is 3.07. The maximum Gasteiger partial charge on any atom is 0.244 e. The lowest BCUT2D eigenvalue weighted by Crippen LogP contribution is -2.50. The number of anilines is 1. The number of nitrogens with one attached hydrogen (secondary N) is 2. The van der Waals surface area contributed by atoms with E-state index >= 15 is 0 Å². The Morgan fingerprint density at radius 2 is 2.35 bits per heavy atom. The molecule has 0 bridgehead atoms. The van der Waals surface area contributed by atoms with Crippen LogP contribution in [0.4, 0.5) is 5.69 Å². The minimum Gasteiger partial charge on any atom is -0.380 e. The molecule has 1 saturated heterocycles. The van der Waals surface area contributed by atoms with Gasteiger partial charge in [-0.25, -0.2) is 0 Å². The zero-order chi connectivity index (χ0) is 14.6. The van der Waals surface area contributed by atoms with E-state index in [2.05, 4.69) is 33.5 Å². The van der Waals surface area contributed by atoms with Crippen LogP contribution in [0.25, 0.3) is 0 Å². The zero-order valence-corrected chi connectivity index (χ0v) is 13.5. The summed E-state index contributed by atoms with van der Waals surface area (Å²) in [5, 5.41) is 6.41. The van der Waals surface area contributed by atoms with Crippen LogP contribution in [-0.2, 0) is 16.1 Å². The molecule has 2 rings (SSSR count). The predicted molar refractivity (Wildman–Crippen MR) is 83.7 cm³/mol. The van der Waals surface area contributed by atoms with Crippen molar-refractivity contribution in [1.82, 2.24) is 5.32 Å². The number of carbonyl (C=O) groups excluding carboxylic acids is 1. The Kier molecular flexibility index (Phi) is 5.18. The van der Waals surface area contributed by atoms with Crippen LogP contribution in [0.15, 0.2) is 22.7 Å². The van der Waals surface area contributed by atoms with Crippen molar-refractivity contribution in [1.29, 1.82) is 0 Å². The fourth-order valence-electron chi connectivity index (χ4n) is 2.67. The maximum atomic E-state index is 12.6. The maximum absolute atomic E-state index is 12.6. The van der Waals surface area contributed by atoms with Crippen molar-refractivity contribution in [2.45, 2.75) is 38.3 Å². The van der Waals surface area contributed by atoms with Crippen LogP contribution in [0.2, 0.25) is 0 Å². The Morgan fingerprint density at radius 3 is 2.95 bits per heavy atom. The monoisotopic (exact) mass is 340 g/mol. The van der Waals surface area contributed by atoms with Crippen molar-refractivity contribution in [3.05, 3.63) is 28.2 Å². The van der Waals surface area contributed by atoms with Crippen molar-refractivity contribution >= 4 is 27.5 Å². The fourth-order valence-corrected chi connectivity index (χ4v) is 3.15. The SMILES string of the molecule is CCC1(C(=O)Nc2cccc(Br)c2COC)CCCN1. The molecule has 1 aliphatic heterocycles. The van der Waals surface area contributed by atoms with E-state index in [1.54, 1.807) is 7.11 Å². The molecule has 0 spiro atoms. The number of rotatable bonds is 5. The van der Waals surface area contributed by atoms with Crippen LogP contribution >= 0.6 is 15.9 Å². The van der Waals surface area contributed by atoms with Gasteiger partial charge in [0.25, 0.3) is 0 Å². The summed E-state index contributed by atoms with van der Waals surface area (Å²) in [7, 11) is 1.65. The lowest BCUT2D eigenvalue weighted by atomic mass is 9.93. The molecule has 1 atom stereocenters. The number of carbonyl (C=O) groups is 1. The first kappa shape index (κ1) is 15.5. The van der Waals surface area contributed by atoms with Gasteiger partial charge in [-0.3, -0.25) is 4.79 Å². The summed E-state index contributed by atoms with van der Waals surface area (Å²) in [6.45, 7) is 3.42. The van der Waals surface area contributed by atoms with Gasteiger partial charge in [-0.05, 0) is 37.9 Å². The minimum absolute atomic E-state index is 0.0490. The minimum atomic E-state index is -0.424. The summed E-state index contributed by atoms with van der Waals surface area (Å²) in [6.07, 6.45) is 2.74. The smallest absolute Gasteiger partial charge is 0.244 e. The number of amides is 1. The first-order valence-electron chi connectivity index (χ1n) is 6.96. The summed E-state index contributed by atoms with van der Waals surface area (Å²) in [4.78, 5) is 12.6. The van der Waals surface area contributed by atoms with Gasteiger partial charge in [-0.15, -0.1) is 0 Å². The molecule has 0 aromatic heterocycles. The second-order valence-corrected chi connectivity index (χ2v) is 5.97. The van der Waals surface area contributed by atoms with Gasteiger partial charge in [0.15, 0.2) is 0 Å². The summed E-state index contributed by atoms with van der Waals surface area (Å²) in [5.74, 6) is 0.0490. The molecule has 5 heteroatoms. The average Bonchev–Trinajstić information content (AvgIpc) is 2.93. The Morgan fingerprint density at radius 1 is 1.55 bits per heavy atom. The quantitative estimate of drug-likeness (QED) is 0.865. The van der Waals surface area contributed by atoms with E-state index < -0.39 is 5.54 Å². The van der Waals surface area contributed by atoms with Crippen molar-refractivity contribution in [2.24, 2.45) is 0 Å². The molecule has 1 fully saturated rings. The third-order valence-electron chi connectivity index (χ3n) is 3.94. The number of hydrogen-bond donors (Lipinski definition) is 2. The topological polar surface area (TPSA) is 50.4 Å². The fraction of sp³-hybridized carbons (Fsp3) is 0.533. The van der Waals surface area contributed by atoms with Gasteiger partial charge in [-0.2, -0.15) is 0 Å². The highest BCUT2D eigenvalue weighted by atomic mass is 79.9. The lowest BCUT2D eigenvalue weighted by Gasteiger charge is -2.27. The molecule has 0 saturated carbocycles. The van der Waals surface area contributed by atoms with E-state index in [4.69, 9.17) is 4.74 Å². The average molecular weight is 341 g/mol. The van der Waals surface area contributed by atoms with Crippen LogP contribution in [0.5, 0.6) is 0 Å². The number of ether oxygens (including phenoxy) is 1. The van der Waals surface area contributed by atoms with Gasteiger partial charge in [0.1, 0.15) is 0 Å². The van der Waals surface area contributed by atoms with Crippen LogP contribution in [0.1, 0.15) is 31.7 Å². The molecule has 1 amide bonds. The molecule has 1 aromatic rings. The van der Waals surface area contributed by atoms with E-state index in [1.807, 2.05) is 18.2 Å². The molecule has 2 N–H and O–H groups in total. The van der Waals surface area contributed by atoms with E-state index in [-0.39, 0.29) is 5.91 Å². The van der Waals surface area contributed by atoms with Gasteiger partial charge >= 0.3 is 0 Å². The molecule has 1 aromatic carbocycles. The highest BCUT2D eigenvalue weighted by molar-refractivity contribution is 9.10. The Labute approximate surface area is 128 Å². The molecule has 1 unspecified atom stereocenters. The molecule has 1 aliphatic rings. The highest BCUT2D eigenvalue weighted by Crippen LogP contribution is 2.29. The van der Waals surface area contributed by atoms with Gasteiger partial charge in [-0.1, -0.05) is 28.9 Å². The van der Waals surface area contributed by atoms with Gasteiger partial charge in [0, 0.05) is 22.8 Å². The van der Waals surface area contributed by atoms with E-state index in [0.717, 1.165) is 41.5 Å². The Balaban J connectivity index is 2.21. The van der Waals surface area contributed by atoms with Crippen LogP contribution in [0, 0.1) is 0 Å². The molecular weight excluding hydrogens is 320 g/mol. The van der Waals surface area contributed by atoms with Crippen molar-refractivity contribution < 1.29 is 9.53 Å². The van der Waals surface area contributed by atoms with E-state index in [1.165, 1.54) is 0 Å². The highest BCUT2D eigenvalue weighted by Gasteiger charge is 2.39. The lowest BCUT2D eigenvalue weighted by molar-refractivity contribution is -0.122. The number of halogens is 1. The third kappa shape index (κ3) is 3.05. The van der Waals surface area contributed by atoms with Crippen LogP contribution < -0.4 is 10.6 Å². The Bertz CT molecular complexity index is 485. The molecule has 110 valence electrons. The second-order valence-electron chi connectivity index (χ2n) is 5.12.